The van der Waals surface area contributed by atoms with E-state index in [0.29, 0.717) is 0 Å². The summed E-state index contributed by atoms with van der Waals surface area (Å²) >= 11 is 0. The molecule has 1 aromatic rings. The van der Waals surface area contributed by atoms with Gasteiger partial charge < -0.3 is 10.6 Å². The summed E-state index contributed by atoms with van der Waals surface area (Å²) in [4.78, 5) is 12.0. The number of hydrogen-bond acceptors (Lipinski definition) is 2. The molecule has 0 radical (unpaired) electrons. The van der Waals surface area contributed by atoms with Gasteiger partial charge in [-0.3, -0.25) is 4.79 Å². The van der Waals surface area contributed by atoms with Crippen LogP contribution in [0.15, 0.2) is 18.2 Å². The fraction of sp³-hybridized carbons (Fsp3) is 0.500. The van der Waals surface area contributed by atoms with Crippen molar-refractivity contribution in [2.75, 3.05) is 18.4 Å². The molecule has 1 aliphatic heterocycles. The van der Waals surface area contributed by atoms with Crippen molar-refractivity contribution in [2.24, 2.45) is 5.92 Å². The van der Waals surface area contributed by atoms with Crippen LogP contribution in [0.5, 0.6) is 0 Å². The maximum atomic E-state index is 12.0. The van der Waals surface area contributed by atoms with Gasteiger partial charge in [-0.15, -0.1) is 0 Å². The van der Waals surface area contributed by atoms with Crippen molar-refractivity contribution >= 4 is 11.6 Å². The minimum absolute atomic E-state index is 0.142. The Kier molecular flexibility index (Phi) is 2.85. The lowest BCUT2D eigenvalue weighted by Crippen LogP contribution is -2.24. The standard InChI is InChI=1S/C14H18N2O/c17-14(12-6-7-15-9-12)16-13-5-4-10-2-1-3-11(10)8-13/h4-5,8,12,15H,1-3,6-7,9H2,(H,16,17). The summed E-state index contributed by atoms with van der Waals surface area (Å²) in [6.45, 7) is 1.78. The van der Waals surface area contributed by atoms with E-state index in [1.54, 1.807) is 0 Å². The molecular formula is C14H18N2O. The van der Waals surface area contributed by atoms with Crippen molar-refractivity contribution in [3.8, 4) is 0 Å². The molecule has 1 amide bonds. The highest BCUT2D eigenvalue weighted by Gasteiger charge is 2.22. The largest absolute Gasteiger partial charge is 0.326 e. The number of amides is 1. The normalized spacial score (nSPS) is 22.5. The molecular weight excluding hydrogens is 212 g/mol. The van der Waals surface area contributed by atoms with Crippen molar-refractivity contribution in [3.63, 3.8) is 0 Å². The van der Waals surface area contributed by atoms with Gasteiger partial charge in [-0.1, -0.05) is 6.07 Å². The van der Waals surface area contributed by atoms with E-state index in [4.69, 9.17) is 0 Å². The molecule has 2 aliphatic rings. The zero-order valence-electron chi connectivity index (χ0n) is 9.96. The monoisotopic (exact) mass is 230 g/mol. The predicted octanol–water partition coefficient (Wildman–Crippen LogP) is 1.72. The number of fused-ring (bicyclic) bond motifs is 1. The molecule has 1 saturated heterocycles. The second-order valence-corrected chi connectivity index (χ2v) is 5.02. The molecule has 1 heterocycles. The van der Waals surface area contributed by atoms with Gasteiger partial charge in [0.2, 0.25) is 5.91 Å². The zero-order chi connectivity index (χ0) is 11.7. The molecule has 3 nitrogen and oxygen atoms in total. The molecule has 0 saturated carbocycles. The Hall–Kier alpha value is -1.35. The van der Waals surface area contributed by atoms with Gasteiger partial charge in [0, 0.05) is 12.2 Å². The summed E-state index contributed by atoms with van der Waals surface area (Å²) in [7, 11) is 0. The highest BCUT2D eigenvalue weighted by molar-refractivity contribution is 5.93. The number of rotatable bonds is 2. The molecule has 1 fully saturated rings. The van der Waals surface area contributed by atoms with E-state index in [9.17, 15) is 4.79 Å². The van der Waals surface area contributed by atoms with Crippen molar-refractivity contribution in [3.05, 3.63) is 29.3 Å². The number of anilines is 1. The molecule has 1 aliphatic carbocycles. The molecule has 2 N–H and O–H groups in total. The average molecular weight is 230 g/mol. The van der Waals surface area contributed by atoms with E-state index in [2.05, 4.69) is 22.8 Å². The van der Waals surface area contributed by atoms with Gasteiger partial charge in [0.15, 0.2) is 0 Å². The third-order valence-corrected chi connectivity index (χ3v) is 3.80. The van der Waals surface area contributed by atoms with Crippen molar-refractivity contribution in [1.29, 1.82) is 0 Å². The molecule has 1 aromatic carbocycles. The molecule has 0 spiro atoms. The SMILES string of the molecule is O=C(Nc1ccc2c(c1)CCC2)C1CCNC1. The average Bonchev–Trinajstić information content (AvgIpc) is 2.99. The summed E-state index contributed by atoms with van der Waals surface area (Å²) < 4.78 is 0. The van der Waals surface area contributed by atoms with E-state index >= 15 is 0 Å². The van der Waals surface area contributed by atoms with Crippen LogP contribution in [0.25, 0.3) is 0 Å². The lowest BCUT2D eigenvalue weighted by molar-refractivity contribution is -0.119. The Morgan fingerprint density at radius 1 is 1.29 bits per heavy atom. The third kappa shape index (κ3) is 2.20. The van der Waals surface area contributed by atoms with E-state index < -0.39 is 0 Å². The number of nitrogens with one attached hydrogen (secondary N) is 2. The van der Waals surface area contributed by atoms with E-state index in [-0.39, 0.29) is 11.8 Å². The van der Waals surface area contributed by atoms with E-state index in [1.165, 1.54) is 24.0 Å². The number of benzene rings is 1. The van der Waals surface area contributed by atoms with Crippen molar-refractivity contribution < 1.29 is 4.79 Å². The first-order valence-electron chi connectivity index (χ1n) is 6.46. The fourth-order valence-corrected chi connectivity index (χ4v) is 2.77. The second kappa shape index (κ2) is 4.49. The van der Waals surface area contributed by atoms with Crippen LogP contribution in [0.3, 0.4) is 0 Å². The van der Waals surface area contributed by atoms with Crippen LogP contribution in [0.2, 0.25) is 0 Å². The molecule has 1 atom stereocenters. The van der Waals surface area contributed by atoms with Crippen molar-refractivity contribution in [1.82, 2.24) is 5.32 Å². The van der Waals surface area contributed by atoms with Gasteiger partial charge in [0.1, 0.15) is 0 Å². The zero-order valence-corrected chi connectivity index (χ0v) is 9.96. The first kappa shape index (κ1) is 10.8. The highest BCUT2D eigenvalue weighted by atomic mass is 16.1. The molecule has 0 aromatic heterocycles. The molecule has 3 heteroatoms. The summed E-state index contributed by atoms with van der Waals surface area (Å²) in [5, 5.41) is 6.25. The quantitative estimate of drug-likeness (QED) is 0.812. The van der Waals surface area contributed by atoms with Crippen LogP contribution < -0.4 is 10.6 Å². The minimum Gasteiger partial charge on any atom is -0.326 e. The number of carbonyl (C=O) groups excluding carboxylic acids is 1. The van der Waals surface area contributed by atoms with Crippen LogP contribution >= 0.6 is 0 Å². The molecule has 17 heavy (non-hydrogen) atoms. The summed E-state index contributed by atoms with van der Waals surface area (Å²) in [5.74, 6) is 0.302. The van der Waals surface area contributed by atoms with Gasteiger partial charge in [-0.05, 0) is 55.5 Å². The Bertz CT molecular complexity index is 436. The van der Waals surface area contributed by atoms with Gasteiger partial charge in [-0.25, -0.2) is 0 Å². The van der Waals surface area contributed by atoms with Gasteiger partial charge in [0.05, 0.1) is 5.92 Å². The van der Waals surface area contributed by atoms with Crippen LogP contribution in [0.4, 0.5) is 5.69 Å². The van der Waals surface area contributed by atoms with E-state index in [1.807, 2.05) is 6.07 Å². The Balaban J connectivity index is 1.70. The number of hydrogen-bond donors (Lipinski definition) is 2. The van der Waals surface area contributed by atoms with Crippen LogP contribution in [-0.2, 0) is 17.6 Å². The first-order valence-corrected chi connectivity index (χ1v) is 6.46. The van der Waals surface area contributed by atoms with Crippen molar-refractivity contribution in [2.45, 2.75) is 25.7 Å². The molecule has 3 rings (SSSR count). The number of carbonyl (C=O) groups is 1. The predicted molar refractivity (Wildman–Crippen MR) is 68.1 cm³/mol. The lowest BCUT2D eigenvalue weighted by atomic mass is 10.1. The lowest BCUT2D eigenvalue weighted by Gasteiger charge is -2.11. The summed E-state index contributed by atoms with van der Waals surface area (Å²) in [6.07, 6.45) is 4.55. The summed E-state index contributed by atoms with van der Waals surface area (Å²) in [6, 6.07) is 6.33. The molecule has 90 valence electrons. The number of aryl methyl sites for hydroxylation is 2. The maximum absolute atomic E-state index is 12.0. The molecule has 1 unspecified atom stereocenters. The fourth-order valence-electron chi connectivity index (χ4n) is 2.77. The topological polar surface area (TPSA) is 41.1 Å². The first-order chi connectivity index (χ1) is 8.33. The van der Waals surface area contributed by atoms with Gasteiger partial charge in [0.25, 0.3) is 0 Å². The minimum atomic E-state index is 0.142. The van der Waals surface area contributed by atoms with Crippen LogP contribution in [0.1, 0.15) is 24.0 Å². The second-order valence-electron chi connectivity index (χ2n) is 5.02. The Labute approximate surface area is 102 Å². The third-order valence-electron chi connectivity index (χ3n) is 3.80. The Morgan fingerprint density at radius 2 is 2.18 bits per heavy atom. The van der Waals surface area contributed by atoms with E-state index in [0.717, 1.165) is 31.6 Å². The van der Waals surface area contributed by atoms with Crippen LogP contribution in [-0.4, -0.2) is 19.0 Å². The molecule has 0 bridgehead atoms. The van der Waals surface area contributed by atoms with Gasteiger partial charge >= 0.3 is 0 Å². The maximum Gasteiger partial charge on any atom is 0.228 e. The smallest absolute Gasteiger partial charge is 0.228 e. The Morgan fingerprint density at radius 3 is 3.00 bits per heavy atom. The highest BCUT2D eigenvalue weighted by Crippen LogP contribution is 2.25. The summed E-state index contributed by atoms with van der Waals surface area (Å²) in [5.41, 5.74) is 3.82. The van der Waals surface area contributed by atoms with Gasteiger partial charge in [-0.2, -0.15) is 0 Å². The van der Waals surface area contributed by atoms with Crippen LogP contribution in [0, 0.1) is 5.92 Å².